The molecule has 1 aliphatic rings. The molecule has 2 rings (SSSR count). The summed E-state index contributed by atoms with van der Waals surface area (Å²) in [6.45, 7) is 1.71. The van der Waals surface area contributed by atoms with Gasteiger partial charge in [-0.1, -0.05) is 0 Å². The zero-order valence-electron chi connectivity index (χ0n) is 10.4. The summed E-state index contributed by atoms with van der Waals surface area (Å²) in [6.07, 6.45) is 2.12. The molecule has 0 unspecified atom stereocenters. The molecule has 1 aromatic heterocycles. The normalized spacial score (nSPS) is 17.5. The molecule has 0 aliphatic carbocycles. The molecule has 0 bridgehead atoms. The Morgan fingerprint density at radius 3 is 2.44 bits per heavy atom. The van der Waals surface area contributed by atoms with Crippen LogP contribution in [0.2, 0.25) is 0 Å². The lowest BCUT2D eigenvalue weighted by Gasteiger charge is -2.35. The first-order valence-corrected chi connectivity index (χ1v) is 8.30. The fourth-order valence-electron chi connectivity index (χ4n) is 2.19. The van der Waals surface area contributed by atoms with E-state index in [1.54, 1.807) is 0 Å². The number of hydrogen-bond acceptors (Lipinski definition) is 3. The van der Waals surface area contributed by atoms with Crippen LogP contribution in [0.3, 0.4) is 0 Å². The fourth-order valence-corrected chi connectivity index (χ4v) is 4.20. The zero-order valence-corrected chi connectivity index (χ0v) is 14.4. The Morgan fingerprint density at radius 2 is 2.00 bits per heavy atom. The average Bonchev–Trinajstić information content (AvgIpc) is 2.69. The first kappa shape index (κ1) is 14.5. The summed E-state index contributed by atoms with van der Waals surface area (Å²) < 4.78 is 1.94. The Bertz CT molecular complexity index is 420. The van der Waals surface area contributed by atoms with E-state index >= 15 is 0 Å². The summed E-state index contributed by atoms with van der Waals surface area (Å²) >= 11 is 8.35. The molecule has 1 saturated heterocycles. The van der Waals surface area contributed by atoms with E-state index < -0.39 is 0 Å². The lowest BCUT2D eigenvalue weighted by Crippen LogP contribution is -2.44. The average molecular weight is 396 g/mol. The van der Waals surface area contributed by atoms with Gasteiger partial charge in [0.15, 0.2) is 0 Å². The van der Waals surface area contributed by atoms with Crippen molar-refractivity contribution in [1.82, 2.24) is 9.80 Å². The van der Waals surface area contributed by atoms with Crippen molar-refractivity contribution in [2.45, 2.75) is 18.9 Å². The van der Waals surface area contributed by atoms with Gasteiger partial charge < -0.3 is 9.80 Å². The lowest BCUT2D eigenvalue weighted by atomic mass is 10.0. The first-order chi connectivity index (χ1) is 8.49. The molecule has 3 nitrogen and oxygen atoms in total. The third-order valence-corrected chi connectivity index (χ3v) is 6.58. The van der Waals surface area contributed by atoms with Crippen LogP contribution in [0.4, 0.5) is 0 Å². The molecule has 0 aromatic carbocycles. The number of amides is 1. The second-order valence-corrected chi connectivity index (χ2v) is 7.94. The topological polar surface area (TPSA) is 23.6 Å². The number of nitrogens with zero attached hydrogens (tertiary/aromatic N) is 2. The van der Waals surface area contributed by atoms with E-state index in [-0.39, 0.29) is 5.91 Å². The smallest absolute Gasteiger partial charge is 0.264 e. The van der Waals surface area contributed by atoms with Crippen molar-refractivity contribution in [3.05, 3.63) is 19.2 Å². The van der Waals surface area contributed by atoms with Gasteiger partial charge in [-0.05, 0) is 64.9 Å². The Morgan fingerprint density at radius 1 is 1.39 bits per heavy atom. The van der Waals surface area contributed by atoms with E-state index in [2.05, 4.69) is 50.9 Å². The van der Waals surface area contributed by atoms with Gasteiger partial charge in [0.05, 0.1) is 8.66 Å². The molecule has 0 saturated carbocycles. The Labute approximate surface area is 128 Å². The summed E-state index contributed by atoms with van der Waals surface area (Å²) in [5, 5.41) is 0. The van der Waals surface area contributed by atoms with E-state index in [0.29, 0.717) is 6.04 Å². The van der Waals surface area contributed by atoms with Crippen molar-refractivity contribution in [1.29, 1.82) is 0 Å². The van der Waals surface area contributed by atoms with Crippen LogP contribution in [-0.2, 0) is 0 Å². The van der Waals surface area contributed by atoms with Gasteiger partial charge in [0.1, 0.15) is 0 Å². The first-order valence-electron chi connectivity index (χ1n) is 5.89. The number of hydrogen-bond donors (Lipinski definition) is 0. The van der Waals surface area contributed by atoms with E-state index in [9.17, 15) is 4.79 Å². The van der Waals surface area contributed by atoms with Gasteiger partial charge in [0.2, 0.25) is 0 Å². The highest BCUT2D eigenvalue weighted by molar-refractivity contribution is 9.13. The van der Waals surface area contributed by atoms with Crippen LogP contribution in [0.25, 0.3) is 0 Å². The number of thiophene rings is 1. The molecule has 1 fully saturated rings. The molecule has 0 spiro atoms. The van der Waals surface area contributed by atoms with Crippen LogP contribution < -0.4 is 0 Å². The second kappa shape index (κ2) is 6.03. The van der Waals surface area contributed by atoms with E-state index in [0.717, 1.165) is 39.1 Å². The molecule has 2 heterocycles. The van der Waals surface area contributed by atoms with E-state index in [1.165, 1.54) is 11.3 Å². The monoisotopic (exact) mass is 394 g/mol. The van der Waals surface area contributed by atoms with Crippen LogP contribution in [0.5, 0.6) is 0 Å². The summed E-state index contributed by atoms with van der Waals surface area (Å²) in [7, 11) is 4.21. The molecule has 6 heteroatoms. The maximum absolute atomic E-state index is 12.3. The van der Waals surface area contributed by atoms with Crippen LogP contribution >= 0.6 is 43.2 Å². The standard InChI is InChI=1S/C12H16Br2N2OS/c1-15(2)8-3-5-16(6-4-8)12(17)10-7-9(13)11(14)18-10/h7-8H,3-6H2,1-2H3. The van der Waals surface area contributed by atoms with Gasteiger partial charge >= 0.3 is 0 Å². The van der Waals surface area contributed by atoms with Crippen LogP contribution in [0, 0.1) is 0 Å². The van der Waals surface area contributed by atoms with Gasteiger partial charge in [-0.3, -0.25) is 4.79 Å². The van der Waals surface area contributed by atoms with Gasteiger partial charge in [-0.15, -0.1) is 11.3 Å². The summed E-state index contributed by atoms with van der Waals surface area (Å²) in [4.78, 5) is 17.3. The minimum Gasteiger partial charge on any atom is -0.338 e. The molecule has 0 atom stereocenters. The molecule has 1 aromatic rings. The van der Waals surface area contributed by atoms with Gasteiger partial charge in [-0.25, -0.2) is 0 Å². The number of likely N-dealkylation sites (tertiary alicyclic amines) is 1. The minimum atomic E-state index is 0.156. The molecule has 0 radical (unpaired) electrons. The maximum atomic E-state index is 12.3. The van der Waals surface area contributed by atoms with Crippen LogP contribution in [0.1, 0.15) is 22.5 Å². The second-order valence-electron chi connectivity index (χ2n) is 4.72. The van der Waals surface area contributed by atoms with Crippen molar-refractivity contribution in [3.8, 4) is 0 Å². The molecule has 1 aliphatic heterocycles. The number of piperidine rings is 1. The van der Waals surface area contributed by atoms with Crippen molar-refractivity contribution in [2.24, 2.45) is 0 Å². The van der Waals surface area contributed by atoms with Crippen molar-refractivity contribution in [2.75, 3.05) is 27.2 Å². The van der Waals surface area contributed by atoms with Crippen molar-refractivity contribution in [3.63, 3.8) is 0 Å². The maximum Gasteiger partial charge on any atom is 0.264 e. The Balaban J connectivity index is 1.99. The quantitative estimate of drug-likeness (QED) is 0.765. The molecule has 1 amide bonds. The highest BCUT2D eigenvalue weighted by atomic mass is 79.9. The van der Waals surface area contributed by atoms with Gasteiger partial charge in [0.25, 0.3) is 5.91 Å². The third-order valence-electron chi connectivity index (χ3n) is 3.34. The molecular formula is C12H16Br2N2OS. The predicted molar refractivity (Wildman–Crippen MR) is 82.3 cm³/mol. The molecule has 100 valence electrons. The number of carbonyl (C=O) groups is 1. The number of rotatable bonds is 2. The number of carbonyl (C=O) groups excluding carboxylic acids is 1. The van der Waals surface area contributed by atoms with E-state index in [4.69, 9.17) is 0 Å². The fraction of sp³-hybridized carbons (Fsp3) is 0.583. The van der Waals surface area contributed by atoms with Gasteiger partial charge in [-0.2, -0.15) is 0 Å². The SMILES string of the molecule is CN(C)C1CCN(C(=O)c2cc(Br)c(Br)s2)CC1. The Kier molecular flexibility index (Phi) is 4.86. The summed E-state index contributed by atoms with van der Waals surface area (Å²) in [6, 6.07) is 2.51. The summed E-state index contributed by atoms with van der Waals surface area (Å²) in [5.41, 5.74) is 0. The number of halogens is 2. The van der Waals surface area contributed by atoms with E-state index in [1.807, 2.05) is 11.0 Å². The largest absolute Gasteiger partial charge is 0.338 e. The Hall–Kier alpha value is 0.0900. The summed E-state index contributed by atoms with van der Waals surface area (Å²) in [5.74, 6) is 0.156. The zero-order chi connectivity index (χ0) is 13.3. The molecule has 18 heavy (non-hydrogen) atoms. The highest BCUT2D eigenvalue weighted by Gasteiger charge is 2.25. The van der Waals surface area contributed by atoms with Crippen molar-refractivity contribution >= 4 is 49.1 Å². The predicted octanol–water partition coefficient (Wildman–Crippen LogP) is 3.44. The highest BCUT2D eigenvalue weighted by Crippen LogP contribution is 2.33. The van der Waals surface area contributed by atoms with Crippen molar-refractivity contribution < 1.29 is 4.79 Å². The van der Waals surface area contributed by atoms with Crippen LogP contribution in [-0.4, -0.2) is 48.9 Å². The van der Waals surface area contributed by atoms with Crippen LogP contribution in [0.15, 0.2) is 14.3 Å². The molecule has 0 N–H and O–H groups in total. The minimum absolute atomic E-state index is 0.156. The molecular weight excluding hydrogens is 380 g/mol. The third kappa shape index (κ3) is 3.15. The van der Waals surface area contributed by atoms with Gasteiger partial charge in [0, 0.05) is 23.6 Å². The lowest BCUT2D eigenvalue weighted by molar-refractivity contribution is 0.0668.